The summed E-state index contributed by atoms with van der Waals surface area (Å²) in [4.78, 5) is 7.88. The van der Waals surface area contributed by atoms with Gasteiger partial charge in [0.2, 0.25) is 0 Å². The molecule has 0 radical (unpaired) electrons. The molecule has 0 saturated carbocycles. The number of hydrogen-bond donors (Lipinski definition) is 2. The largest absolute Gasteiger partial charge is 0.507 e. The summed E-state index contributed by atoms with van der Waals surface area (Å²) in [5.74, 6) is 1.03. The maximum Gasteiger partial charge on any atom is 0.138 e. The lowest BCUT2D eigenvalue weighted by molar-refractivity contribution is 0.472. The zero-order valence-corrected chi connectivity index (χ0v) is 11.3. The van der Waals surface area contributed by atoms with Crippen molar-refractivity contribution in [3.8, 4) is 17.1 Å². The number of aryl methyl sites for hydroxylation is 1. The molecule has 1 heterocycles. The number of phenols is 1. The smallest absolute Gasteiger partial charge is 0.138 e. The van der Waals surface area contributed by atoms with Gasteiger partial charge in [0, 0.05) is 5.56 Å². The highest BCUT2D eigenvalue weighted by Crippen LogP contribution is 2.29. The van der Waals surface area contributed by atoms with E-state index in [1.165, 1.54) is 0 Å². The van der Waals surface area contributed by atoms with Gasteiger partial charge in [-0.05, 0) is 52.7 Å². The fraction of sp³-hybridized carbons (Fsp3) is 0.0714. The number of nitrogens with zero attached hydrogens (tertiary/aromatic N) is 1. The van der Waals surface area contributed by atoms with E-state index < -0.39 is 0 Å². The lowest BCUT2D eigenvalue weighted by Gasteiger charge is -1.99. The maximum absolute atomic E-state index is 9.50. The number of H-pyrrole nitrogens is 1. The van der Waals surface area contributed by atoms with Crippen molar-refractivity contribution < 1.29 is 5.11 Å². The molecule has 3 nitrogen and oxygen atoms in total. The van der Waals surface area contributed by atoms with Crippen LogP contribution in [-0.2, 0) is 0 Å². The minimum atomic E-state index is 0.228. The molecule has 0 fully saturated rings. The molecule has 2 N–H and O–H groups in total. The van der Waals surface area contributed by atoms with Crippen molar-refractivity contribution in [2.45, 2.75) is 6.92 Å². The van der Waals surface area contributed by atoms with Crippen LogP contribution in [0, 0.1) is 6.92 Å². The summed E-state index contributed by atoms with van der Waals surface area (Å²) in [6.45, 7) is 2.04. The Hall–Kier alpha value is -1.81. The standard InChI is InChI=1S/C14H11BrN2O/c1-8-3-2-4-11-13(8)17-14(16-11)9-5-6-12(18)10(15)7-9/h2-7,18H,1H3,(H,16,17). The summed E-state index contributed by atoms with van der Waals surface area (Å²) in [7, 11) is 0. The van der Waals surface area contributed by atoms with Gasteiger partial charge in [0.05, 0.1) is 15.5 Å². The summed E-state index contributed by atoms with van der Waals surface area (Å²) >= 11 is 3.31. The van der Waals surface area contributed by atoms with E-state index in [9.17, 15) is 5.11 Å². The molecule has 0 spiro atoms. The number of fused-ring (bicyclic) bond motifs is 1. The van der Waals surface area contributed by atoms with Crippen LogP contribution in [0.1, 0.15) is 5.56 Å². The van der Waals surface area contributed by atoms with E-state index in [1.54, 1.807) is 6.07 Å². The van der Waals surface area contributed by atoms with Gasteiger partial charge in [0.1, 0.15) is 11.6 Å². The van der Waals surface area contributed by atoms with Crippen molar-refractivity contribution in [3.63, 3.8) is 0 Å². The lowest BCUT2D eigenvalue weighted by Crippen LogP contribution is -1.80. The Kier molecular flexibility index (Phi) is 2.59. The Morgan fingerprint density at radius 2 is 2.06 bits per heavy atom. The number of benzene rings is 2. The summed E-state index contributed by atoms with van der Waals surface area (Å²) in [5, 5.41) is 9.50. The third-order valence-corrected chi connectivity index (χ3v) is 3.57. The molecule has 0 amide bonds. The van der Waals surface area contributed by atoms with Gasteiger partial charge in [-0.1, -0.05) is 12.1 Å². The zero-order valence-electron chi connectivity index (χ0n) is 9.74. The van der Waals surface area contributed by atoms with E-state index in [0.29, 0.717) is 4.47 Å². The quantitative estimate of drug-likeness (QED) is 0.713. The maximum atomic E-state index is 9.50. The topological polar surface area (TPSA) is 48.9 Å². The van der Waals surface area contributed by atoms with E-state index in [1.807, 2.05) is 37.3 Å². The van der Waals surface area contributed by atoms with Gasteiger partial charge >= 0.3 is 0 Å². The van der Waals surface area contributed by atoms with Gasteiger partial charge in [-0.15, -0.1) is 0 Å². The van der Waals surface area contributed by atoms with Crippen molar-refractivity contribution in [2.24, 2.45) is 0 Å². The van der Waals surface area contributed by atoms with Gasteiger partial charge in [-0.25, -0.2) is 4.98 Å². The predicted molar refractivity (Wildman–Crippen MR) is 75.6 cm³/mol. The second-order valence-corrected chi connectivity index (χ2v) is 5.08. The SMILES string of the molecule is Cc1cccc2[nH]c(-c3ccc(O)c(Br)c3)nc12. The average molecular weight is 303 g/mol. The van der Waals surface area contributed by atoms with Gasteiger partial charge < -0.3 is 10.1 Å². The van der Waals surface area contributed by atoms with E-state index in [-0.39, 0.29) is 5.75 Å². The molecular weight excluding hydrogens is 292 g/mol. The molecule has 0 unspecified atom stereocenters. The van der Waals surface area contributed by atoms with Gasteiger partial charge in [0.25, 0.3) is 0 Å². The normalized spacial score (nSPS) is 11.0. The molecule has 1 aromatic heterocycles. The van der Waals surface area contributed by atoms with Crippen molar-refractivity contribution in [1.82, 2.24) is 9.97 Å². The van der Waals surface area contributed by atoms with Crippen LogP contribution < -0.4 is 0 Å². The fourth-order valence-electron chi connectivity index (χ4n) is 1.97. The van der Waals surface area contributed by atoms with Crippen molar-refractivity contribution in [1.29, 1.82) is 0 Å². The van der Waals surface area contributed by atoms with Crippen LogP contribution in [0.2, 0.25) is 0 Å². The van der Waals surface area contributed by atoms with E-state index in [2.05, 4.69) is 25.9 Å². The lowest BCUT2D eigenvalue weighted by atomic mass is 10.2. The van der Waals surface area contributed by atoms with Crippen molar-refractivity contribution in [2.75, 3.05) is 0 Å². The van der Waals surface area contributed by atoms with Crippen LogP contribution in [0.25, 0.3) is 22.4 Å². The Labute approximate surface area is 113 Å². The molecule has 4 heteroatoms. The molecule has 0 aliphatic carbocycles. The molecule has 18 heavy (non-hydrogen) atoms. The summed E-state index contributed by atoms with van der Waals surface area (Å²) < 4.78 is 0.664. The van der Waals surface area contributed by atoms with Gasteiger partial charge in [-0.2, -0.15) is 0 Å². The summed E-state index contributed by atoms with van der Waals surface area (Å²) in [6, 6.07) is 11.4. The van der Waals surface area contributed by atoms with E-state index in [4.69, 9.17) is 0 Å². The highest BCUT2D eigenvalue weighted by Gasteiger charge is 2.08. The number of aromatic hydroxyl groups is 1. The summed E-state index contributed by atoms with van der Waals surface area (Å²) in [5.41, 5.74) is 4.09. The van der Waals surface area contributed by atoms with Crippen molar-refractivity contribution in [3.05, 3.63) is 46.4 Å². The first kappa shape index (κ1) is 11.3. The first-order chi connectivity index (χ1) is 8.65. The average Bonchev–Trinajstić information content (AvgIpc) is 2.78. The number of nitrogens with one attached hydrogen (secondary N) is 1. The number of hydrogen-bond acceptors (Lipinski definition) is 2. The third kappa shape index (κ3) is 1.78. The van der Waals surface area contributed by atoms with E-state index in [0.717, 1.165) is 28.0 Å². The van der Waals surface area contributed by atoms with Crippen LogP contribution in [-0.4, -0.2) is 15.1 Å². The first-order valence-corrected chi connectivity index (χ1v) is 6.38. The highest BCUT2D eigenvalue weighted by atomic mass is 79.9. The number of aromatic amines is 1. The van der Waals surface area contributed by atoms with Crippen molar-refractivity contribution >= 4 is 27.0 Å². The Balaban J connectivity index is 2.19. The molecule has 0 aliphatic rings. The molecular formula is C14H11BrN2O. The Morgan fingerprint density at radius 3 is 2.78 bits per heavy atom. The number of imidazole rings is 1. The van der Waals surface area contributed by atoms with Gasteiger partial charge in [0.15, 0.2) is 0 Å². The minimum Gasteiger partial charge on any atom is -0.507 e. The fourth-order valence-corrected chi connectivity index (χ4v) is 2.35. The number of para-hydroxylation sites is 1. The van der Waals surface area contributed by atoms with Crippen LogP contribution in [0.3, 0.4) is 0 Å². The van der Waals surface area contributed by atoms with Gasteiger partial charge in [-0.3, -0.25) is 0 Å². The molecule has 90 valence electrons. The molecule has 0 atom stereocenters. The minimum absolute atomic E-state index is 0.228. The molecule has 0 bridgehead atoms. The Morgan fingerprint density at radius 1 is 1.22 bits per heavy atom. The zero-order chi connectivity index (χ0) is 12.7. The van der Waals surface area contributed by atoms with Crippen LogP contribution in [0.5, 0.6) is 5.75 Å². The second kappa shape index (κ2) is 4.14. The molecule has 0 aliphatic heterocycles. The van der Waals surface area contributed by atoms with Crippen LogP contribution in [0.4, 0.5) is 0 Å². The summed E-state index contributed by atoms with van der Waals surface area (Å²) in [6.07, 6.45) is 0. The predicted octanol–water partition coefficient (Wildman–Crippen LogP) is 4.01. The van der Waals surface area contributed by atoms with Crippen LogP contribution in [0.15, 0.2) is 40.9 Å². The highest BCUT2D eigenvalue weighted by molar-refractivity contribution is 9.10. The monoisotopic (exact) mass is 302 g/mol. The number of rotatable bonds is 1. The molecule has 0 saturated heterocycles. The number of aromatic nitrogens is 2. The second-order valence-electron chi connectivity index (χ2n) is 4.22. The first-order valence-electron chi connectivity index (χ1n) is 5.59. The van der Waals surface area contributed by atoms with Crippen LogP contribution >= 0.6 is 15.9 Å². The third-order valence-electron chi connectivity index (χ3n) is 2.94. The molecule has 3 rings (SSSR count). The van der Waals surface area contributed by atoms with E-state index >= 15 is 0 Å². The number of phenolic OH excluding ortho intramolecular Hbond substituents is 1. The Bertz CT molecular complexity index is 734. The number of halogens is 1. The molecule has 3 aromatic rings. The molecule has 2 aromatic carbocycles.